The average Bonchev–Trinajstić information content (AvgIpc) is 2.73. The van der Waals surface area contributed by atoms with Crippen molar-refractivity contribution in [1.82, 2.24) is 14.6 Å². The number of nitrogens with two attached hydrogens (primary N) is 1. The molecule has 0 amide bonds. The second kappa shape index (κ2) is 4.10. The van der Waals surface area contributed by atoms with Crippen LogP contribution in [0.5, 0.6) is 0 Å². The van der Waals surface area contributed by atoms with Crippen molar-refractivity contribution in [2.24, 2.45) is 0 Å². The fraction of sp³-hybridized carbons (Fsp3) is 0.0769. The molecule has 0 fully saturated rings. The third-order valence-electron chi connectivity index (χ3n) is 2.68. The minimum absolute atomic E-state index is 0.233. The second-order valence-corrected chi connectivity index (χ2v) is 4.13. The third kappa shape index (κ3) is 2.02. The minimum Gasteiger partial charge on any atom is -0.396 e. The fourth-order valence-electron chi connectivity index (χ4n) is 1.84. The molecule has 0 aliphatic rings. The minimum atomic E-state index is -0.233. The Hall–Kier alpha value is -2.43. The van der Waals surface area contributed by atoms with Crippen LogP contribution in [0.15, 0.2) is 42.7 Å². The predicted molar refractivity (Wildman–Crippen MR) is 66.6 cm³/mol. The molecule has 3 rings (SSSR count). The number of hydrogen-bond acceptors (Lipinski definition) is 3. The Labute approximate surface area is 103 Å². The topological polar surface area (TPSA) is 56.2 Å². The van der Waals surface area contributed by atoms with Crippen LogP contribution in [0.3, 0.4) is 0 Å². The monoisotopic (exact) mass is 242 g/mol. The number of rotatable bonds is 2. The Bertz CT molecular complexity index is 688. The van der Waals surface area contributed by atoms with Gasteiger partial charge in [0.1, 0.15) is 5.82 Å². The van der Waals surface area contributed by atoms with Crippen molar-refractivity contribution in [2.45, 2.75) is 6.42 Å². The molecule has 2 heterocycles. The van der Waals surface area contributed by atoms with Crippen LogP contribution >= 0.6 is 0 Å². The van der Waals surface area contributed by atoms with E-state index in [-0.39, 0.29) is 5.82 Å². The third-order valence-corrected chi connectivity index (χ3v) is 2.68. The molecule has 0 saturated carbocycles. The first-order chi connectivity index (χ1) is 8.70. The van der Waals surface area contributed by atoms with Crippen LogP contribution in [0, 0.1) is 5.82 Å². The van der Waals surface area contributed by atoms with Gasteiger partial charge in [-0.05, 0) is 17.7 Å². The van der Waals surface area contributed by atoms with Crippen LogP contribution in [0.25, 0.3) is 5.65 Å². The van der Waals surface area contributed by atoms with Crippen molar-refractivity contribution < 1.29 is 4.39 Å². The zero-order valence-electron chi connectivity index (χ0n) is 9.55. The first kappa shape index (κ1) is 10.7. The van der Waals surface area contributed by atoms with E-state index < -0.39 is 0 Å². The van der Waals surface area contributed by atoms with Crippen molar-refractivity contribution in [3.05, 3.63) is 59.8 Å². The number of nitrogens with zero attached hydrogens (tertiary/aromatic N) is 3. The summed E-state index contributed by atoms with van der Waals surface area (Å²) in [5, 5.41) is 4.37. The van der Waals surface area contributed by atoms with E-state index >= 15 is 0 Å². The van der Waals surface area contributed by atoms with Gasteiger partial charge < -0.3 is 5.73 Å². The van der Waals surface area contributed by atoms with E-state index in [0.717, 1.165) is 16.9 Å². The summed E-state index contributed by atoms with van der Waals surface area (Å²) in [5.41, 5.74) is 8.84. The van der Waals surface area contributed by atoms with Gasteiger partial charge >= 0.3 is 0 Å². The average molecular weight is 242 g/mol. The maximum atomic E-state index is 12.8. The number of anilines is 1. The summed E-state index contributed by atoms with van der Waals surface area (Å²) in [6.45, 7) is 0. The molecule has 0 saturated heterocycles. The molecule has 3 aromatic rings. The SMILES string of the molecule is Nc1cnc2cc(Cc3ccc(F)cc3)nn2c1. The fourth-order valence-corrected chi connectivity index (χ4v) is 1.84. The summed E-state index contributed by atoms with van der Waals surface area (Å²) < 4.78 is 14.4. The lowest BCUT2D eigenvalue weighted by Crippen LogP contribution is -1.95. The molecular weight excluding hydrogens is 231 g/mol. The lowest BCUT2D eigenvalue weighted by molar-refractivity contribution is 0.627. The van der Waals surface area contributed by atoms with E-state index in [1.165, 1.54) is 12.1 Å². The Morgan fingerprint density at radius 2 is 2.00 bits per heavy atom. The van der Waals surface area contributed by atoms with E-state index in [4.69, 9.17) is 5.73 Å². The van der Waals surface area contributed by atoms with Gasteiger partial charge in [0.15, 0.2) is 5.65 Å². The summed E-state index contributed by atoms with van der Waals surface area (Å²) in [6.07, 6.45) is 3.96. The Balaban J connectivity index is 1.92. The maximum absolute atomic E-state index is 12.8. The summed E-state index contributed by atoms with van der Waals surface area (Å²) >= 11 is 0. The normalized spacial score (nSPS) is 10.9. The molecule has 0 aliphatic heterocycles. The molecule has 4 nitrogen and oxygen atoms in total. The Kier molecular flexibility index (Phi) is 2.44. The smallest absolute Gasteiger partial charge is 0.155 e. The van der Waals surface area contributed by atoms with Gasteiger partial charge in [0, 0.05) is 12.5 Å². The number of fused-ring (bicyclic) bond motifs is 1. The number of nitrogen functional groups attached to an aromatic ring is 1. The van der Waals surface area contributed by atoms with E-state index in [1.807, 2.05) is 6.07 Å². The van der Waals surface area contributed by atoms with Crippen molar-refractivity contribution in [1.29, 1.82) is 0 Å². The highest BCUT2D eigenvalue weighted by Gasteiger charge is 2.04. The van der Waals surface area contributed by atoms with E-state index in [9.17, 15) is 4.39 Å². The Morgan fingerprint density at radius 3 is 2.78 bits per heavy atom. The predicted octanol–water partition coefficient (Wildman–Crippen LogP) is 2.04. The van der Waals surface area contributed by atoms with Gasteiger partial charge in [0.2, 0.25) is 0 Å². The summed E-state index contributed by atoms with van der Waals surface area (Å²) in [6, 6.07) is 8.29. The molecule has 0 atom stereocenters. The zero-order chi connectivity index (χ0) is 12.5. The molecule has 0 unspecified atom stereocenters. The van der Waals surface area contributed by atoms with Crippen LogP contribution in [0.1, 0.15) is 11.3 Å². The van der Waals surface area contributed by atoms with Crippen LogP contribution in [-0.2, 0) is 6.42 Å². The number of halogens is 1. The van der Waals surface area contributed by atoms with Crippen molar-refractivity contribution in [2.75, 3.05) is 5.73 Å². The standard InChI is InChI=1S/C13H11FN4/c14-10-3-1-9(2-4-10)5-12-6-13-16-7-11(15)8-18(13)17-12/h1-4,6-8H,5,15H2. The number of benzene rings is 1. The number of hydrogen-bond donors (Lipinski definition) is 1. The zero-order valence-corrected chi connectivity index (χ0v) is 9.55. The van der Waals surface area contributed by atoms with Crippen LogP contribution in [-0.4, -0.2) is 14.6 Å². The molecular formula is C13H11FN4. The molecule has 2 aromatic heterocycles. The quantitative estimate of drug-likeness (QED) is 0.748. The molecule has 1 aromatic carbocycles. The molecule has 5 heteroatoms. The highest BCUT2D eigenvalue weighted by molar-refractivity contribution is 5.45. The summed E-state index contributed by atoms with van der Waals surface area (Å²) in [5.74, 6) is -0.233. The van der Waals surface area contributed by atoms with Crippen LogP contribution < -0.4 is 5.73 Å². The van der Waals surface area contributed by atoms with Gasteiger partial charge in [-0.2, -0.15) is 5.10 Å². The van der Waals surface area contributed by atoms with Gasteiger partial charge in [0.25, 0.3) is 0 Å². The van der Waals surface area contributed by atoms with Crippen LogP contribution in [0.4, 0.5) is 10.1 Å². The van der Waals surface area contributed by atoms with Crippen LogP contribution in [0.2, 0.25) is 0 Å². The highest BCUT2D eigenvalue weighted by atomic mass is 19.1. The van der Waals surface area contributed by atoms with E-state index in [2.05, 4.69) is 10.1 Å². The van der Waals surface area contributed by atoms with Gasteiger partial charge in [-0.3, -0.25) is 0 Å². The summed E-state index contributed by atoms with van der Waals surface area (Å²) in [4.78, 5) is 4.17. The second-order valence-electron chi connectivity index (χ2n) is 4.13. The van der Waals surface area contributed by atoms with E-state index in [0.29, 0.717) is 12.1 Å². The molecule has 0 aliphatic carbocycles. The lowest BCUT2D eigenvalue weighted by atomic mass is 10.1. The largest absolute Gasteiger partial charge is 0.396 e. The highest BCUT2D eigenvalue weighted by Crippen LogP contribution is 2.12. The van der Waals surface area contributed by atoms with Crippen molar-refractivity contribution in [3.63, 3.8) is 0 Å². The molecule has 0 radical (unpaired) electrons. The van der Waals surface area contributed by atoms with Gasteiger partial charge in [-0.25, -0.2) is 13.9 Å². The van der Waals surface area contributed by atoms with E-state index in [1.54, 1.807) is 29.0 Å². The lowest BCUT2D eigenvalue weighted by Gasteiger charge is -1.97. The molecule has 18 heavy (non-hydrogen) atoms. The van der Waals surface area contributed by atoms with Gasteiger partial charge in [0.05, 0.1) is 23.8 Å². The summed E-state index contributed by atoms with van der Waals surface area (Å²) in [7, 11) is 0. The van der Waals surface area contributed by atoms with Gasteiger partial charge in [-0.15, -0.1) is 0 Å². The number of aromatic nitrogens is 3. The van der Waals surface area contributed by atoms with Crippen molar-refractivity contribution >= 4 is 11.3 Å². The molecule has 0 spiro atoms. The van der Waals surface area contributed by atoms with Gasteiger partial charge in [-0.1, -0.05) is 12.1 Å². The maximum Gasteiger partial charge on any atom is 0.155 e. The van der Waals surface area contributed by atoms with Crippen molar-refractivity contribution in [3.8, 4) is 0 Å². The molecule has 90 valence electrons. The first-order valence-corrected chi connectivity index (χ1v) is 5.55. The first-order valence-electron chi connectivity index (χ1n) is 5.55. The molecule has 2 N–H and O–H groups in total. The Morgan fingerprint density at radius 1 is 1.22 bits per heavy atom. The molecule has 0 bridgehead atoms.